The van der Waals surface area contributed by atoms with E-state index in [4.69, 9.17) is 10.3 Å². The second-order valence-corrected chi connectivity index (χ2v) is 5.53. The molecule has 0 fully saturated rings. The van der Waals surface area contributed by atoms with Crippen LogP contribution in [-0.2, 0) is 10.1 Å². The summed E-state index contributed by atoms with van der Waals surface area (Å²) in [5.41, 5.74) is 6.25. The van der Waals surface area contributed by atoms with Gasteiger partial charge < -0.3 is 7.16 Å². The van der Waals surface area contributed by atoms with Crippen LogP contribution < -0.4 is 35.3 Å². The topological polar surface area (TPSA) is 80.4 Å². The molecule has 7 heteroatoms. The molecule has 0 aliphatic heterocycles. The summed E-state index contributed by atoms with van der Waals surface area (Å²) in [4.78, 5) is -0.135. The summed E-state index contributed by atoms with van der Waals surface area (Å²) in [6, 6.07) is 7.81. The van der Waals surface area contributed by atoms with Crippen molar-refractivity contribution in [3.63, 3.8) is 0 Å². The van der Waals surface area contributed by atoms with E-state index in [0.717, 1.165) is 0 Å². The molecule has 0 saturated carbocycles. The quantitative estimate of drug-likeness (QED) is 0.423. The minimum atomic E-state index is -4.23. The van der Waals surface area contributed by atoms with Crippen molar-refractivity contribution in [1.29, 1.82) is 0 Å². The Bertz CT molecular complexity index is 678. The molecule has 2 rings (SSSR count). The molecular formula is C10H9BrNNaO3S. The maximum Gasteiger partial charge on any atom is 1.00 e. The first kappa shape index (κ1) is 14.9. The van der Waals surface area contributed by atoms with Gasteiger partial charge in [0.15, 0.2) is 0 Å². The third-order valence-corrected chi connectivity index (χ3v) is 3.89. The Morgan fingerprint density at radius 2 is 1.82 bits per heavy atom. The van der Waals surface area contributed by atoms with Crippen LogP contribution in [0.5, 0.6) is 0 Å². The molecule has 0 saturated heterocycles. The number of hydrogen-bond donors (Lipinski definition) is 2. The summed E-state index contributed by atoms with van der Waals surface area (Å²) in [5, 5.41) is 0.996. The summed E-state index contributed by atoms with van der Waals surface area (Å²) < 4.78 is 32.0. The molecule has 0 heterocycles. The first-order valence-electron chi connectivity index (χ1n) is 4.35. The van der Waals surface area contributed by atoms with Crippen LogP contribution in [0.2, 0.25) is 0 Å². The van der Waals surface area contributed by atoms with E-state index in [0.29, 0.717) is 20.9 Å². The fraction of sp³-hybridized carbons (Fsp3) is 0. The molecule has 0 amide bonds. The zero-order valence-electron chi connectivity index (χ0n) is 10.0. The summed E-state index contributed by atoms with van der Waals surface area (Å²) in [6.07, 6.45) is 0. The van der Waals surface area contributed by atoms with Crippen LogP contribution in [0.4, 0.5) is 5.69 Å². The summed E-state index contributed by atoms with van der Waals surface area (Å²) >= 11 is 3.25. The van der Waals surface area contributed by atoms with Crippen LogP contribution in [0, 0.1) is 0 Å². The van der Waals surface area contributed by atoms with Gasteiger partial charge in [-0.25, -0.2) is 0 Å². The van der Waals surface area contributed by atoms with Crippen molar-refractivity contribution < 1.29 is 44.0 Å². The summed E-state index contributed by atoms with van der Waals surface area (Å²) in [6.45, 7) is 0. The Morgan fingerprint density at radius 1 is 1.18 bits per heavy atom. The fourth-order valence-corrected chi connectivity index (χ4v) is 2.60. The number of benzene rings is 2. The van der Waals surface area contributed by atoms with Gasteiger partial charge in [-0.1, -0.05) is 18.2 Å². The average molecular weight is 326 g/mol. The van der Waals surface area contributed by atoms with Gasteiger partial charge in [0.2, 0.25) is 0 Å². The zero-order valence-corrected chi connectivity index (χ0v) is 13.4. The Labute approximate surface area is 131 Å². The van der Waals surface area contributed by atoms with E-state index in [-0.39, 0.29) is 35.9 Å². The molecule has 17 heavy (non-hydrogen) atoms. The van der Waals surface area contributed by atoms with Crippen LogP contribution in [0.3, 0.4) is 0 Å². The van der Waals surface area contributed by atoms with Crippen molar-refractivity contribution in [1.82, 2.24) is 0 Å². The monoisotopic (exact) mass is 325 g/mol. The first-order chi connectivity index (χ1) is 7.41. The van der Waals surface area contributed by atoms with Gasteiger partial charge >= 0.3 is 29.6 Å². The van der Waals surface area contributed by atoms with Gasteiger partial charge in [0, 0.05) is 15.2 Å². The summed E-state index contributed by atoms with van der Waals surface area (Å²) in [7, 11) is -4.23. The Hall–Kier alpha value is -0.110. The van der Waals surface area contributed by atoms with Crippen LogP contribution in [0.25, 0.3) is 10.8 Å². The maximum absolute atomic E-state index is 11.1. The number of halogens is 1. The molecular weight excluding hydrogens is 317 g/mol. The van der Waals surface area contributed by atoms with Crippen LogP contribution >= 0.6 is 15.9 Å². The molecule has 2 aromatic carbocycles. The molecule has 0 bridgehead atoms. The van der Waals surface area contributed by atoms with E-state index in [2.05, 4.69) is 15.9 Å². The van der Waals surface area contributed by atoms with Gasteiger partial charge in [-0.2, -0.15) is 8.42 Å². The smallest absolute Gasteiger partial charge is 1.00 e. The van der Waals surface area contributed by atoms with E-state index in [1.807, 2.05) is 0 Å². The van der Waals surface area contributed by atoms with Crippen molar-refractivity contribution in [2.45, 2.75) is 4.90 Å². The van der Waals surface area contributed by atoms with Crippen LogP contribution in [0.1, 0.15) is 1.43 Å². The standard InChI is InChI=1S/C10H8BrNO3S.Na.H/c11-8-5-4-6-7(10(8)12)2-1-3-9(6)16(13,14)15;;/h1-5H,12H2,(H,13,14,15);;/q;+1;-1. The van der Waals surface area contributed by atoms with E-state index in [9.17, 15) is 8.42 Å². The third kappa shape index (κ3) is 2.83. The van der Waals surface area contributed by atoms with Gasteiger partial charge in [-0.3, -0.25) is 4.55 Å². The second kappa shape index (κ2) is 5.26. The molecule has 0 atom stereocenters. The number of hydrogen-bond acceptors (Lipinski definition) is 3. The number of fused-ring (bicyclic) bond motifs is 1. The van der Waals surface area contributed by atoms with Crippen LogP contribution in [0.15, 0.2) is 39.7 Å². The molecule has 3 N–H and O–H groups in total. The molecule has 0 radical (unpaired) electrons. The number of rotatable bonds is 1. The Kier molecular flexibility index (Phi) is 4.62. The zero-order chi connectivity index (χ0) is 11.9. The van der Waals surface area contributed by atoms with Crippen molar-refractivity contribution in [2.75, 3.05) is 5.73 Å². The van der Waals surface area contributed by atoms with Crippen molar-refractivity contribution >= 4 is 42.5 Å². The minimum Gasteiger partial charge on any atom is -1.00 e. The molecule has 0 spiro atoms. The maximum atomic E-state index is 11.1. The molecule has 0 aliphatic rings. The van der Waals surface area contributed by atoms with E-state index >= 15 is 0 Å². The van der Waals surface area contributed by atoms with Crippen molar-refractivity contribution in [2.24, 2.45) is 0 Å². The molecule has 4 nitrogen and oxygen atoms in total. The van der Waals surface area contributed by atoms with Crippen molar-refractivity contribution in [3.05, 3.63) is 34.8 Å². The molecule has 86 valence electrons. The average Bonchev–Trinajstić information content (AvgIpc) is 2.21. The Morgan fingerprint density at radius 3 is 2.41 bits per heavy atom. The Balaban J connectivity index is 0.00000144. The van der Waals surface area contributed by atoms with Gasteiger partial charge in [0.25, 0.3) is 10.1 Å². The largest absolute Gasteiger partial charge is 1.00 e. The van der Waals surface area contributed by atoms with E-state index < -0.39 is 10.1 Å². The van der Waals surface area contributed by atoms with Gasteiger partial charge in [-0.05, 0) is 28.1 Å². The number of nitrogen functional groups attached to an aromatic ring is 1. The van der Waals surface area contributed by atoms with E-state index in [1.165, 1.54) is 12.1 Å². The minimum absolute atomic E-state index is 0. The predicted molar refractivity (Wildman–Crippen MR) is 67.0 cm³/mol. The normalized spacial score (nSPS) is 11.2. The van der Waals surface area contributed by atoms with E-state index in [1.54, 1.807) is 18.2 Å². The van der Waals surface area contributed by atoms with Gasteiger partial charge in [-0.15, -0.1) is 0 Å². The second-order valence-electron chi connectivity index (χ2n) is 3.29. The SMILES string of the molecule is Nc1c(Br)ccc2c(S(=O)(=O)O)cccc12.[H-].[Na+]. The fourth-order valence-electron chi connectivity index (χ4n) is 1.55. The molecule has 0 aromatic heterocycles. The van der Waals surface area contributed by atoms with Gasteiger partial charge in [0.1, 0.15) is 4.90 Å². The molecule has 0 aliphatic carbocycles. The van der Waals surface area contributed by atoms with Crippen molar-refractivity contribution in [3.8, 4) is 0 Å². The third-order valence-electron chi connectivity index (χ3n) is 2.29. The number of nitrogens with two attached hydrogens (primary N) is 1. The summed E-state index contributed by atoms with van der Waals surface area (Å²) in [5.74, 6) is 0. The predicted octanol–water partition coefficient (Wildman–Crippen LogP) is -0.452. The molecule has 0 unspecified atom stereocenters. The molecule has 2 aromatic rings. The number of anilines is 1. The first-order valence-corrected chi connectivity index (χ1v) is 6.59. The van der Waals surface area contributed by atoms with Gasteiger partial charge in [0.05, 0.1) is 5.69 Å². The van der Waals surface area contributed by atoms with Crippen LogP contribution in [-0.4, -0.2) is 13.0 Å².